The number of nitrogens with one attached hydrogen (secondary N) is 1. The molecular formula is C15H21F2NO2. The second-order valence-corrected chi connectivity index (χ2v) is 4.61. The van der Waals surface area contributed by atoms with Crippen LogP contribution in [0.3, 0.4) is 0 Å². The summed E-state index contributed by atoms with van der Waals surface area (Å²) < 4.78 is 28.2. The van der Waals surface area contributed by atoms with Crippen molar-refractivity contribution in [2.45, 2.75) is 45.6 Å². The predicted octanol–water partition coefficient (Wildman–Crippen LogP) is 3.53. The molecule has 1 aromatic rings. The van der Waals surface area contributed by atoms with E-state index < -0.39 is 6.61 Å². The van der Waals surface area contributed by atoms with Gasteiger partial charge in [0.25, 0.3) is 0 Å². The Balaban J connectivity index is 2.27. The van der Waals surface area contributed by atoms with Crippen molar-refractivity contribution in [3.8, 4) is 5.75 Å². The predicted molar refractivity (Wildman–Crippen MR) is 73.9 cm³/mol. The van der Waals surface area contributed by atoms with Crippen LogP contribution in [0.5, 0.6) is 5.75 Å². The van der Waals surface area contributed by atoms with Gasteiger partial charge in [-0.25, -0.2) is 0 Å². The second kappa shape index (κ2) is 9.28. The van der Waals surface area contributed by atoms with Gasteiger partial charge in [0.15, 0.2) is 0 Å². The number of ether oxygens (including phenoxy) is 1. The molecule has 1 amide bonds. The highest BCUT2D eigenvalue weighted by atomic mass is 19.3. The normalized spacial score (nSPS) is 10.6. The van der Waals surface area contributed by atoms with Crippen LogP contribution in [0.2, 0.25) is 0 Å². The third-order valence-electron chi connectivity index (χ3n) is 2.87. The molecular weight excluding hydrogens is 264 g/mol. The van der Waals surface area contributed by atoms with E-state index >= 15 is 0 Å². The molecule has 0 aliphatic rings. The molecule has 0 radical (unpaired) electrons. The molecule has 1 rings (SSSR count). The van der Waals surface area contributed by atoms with E-state index in [-0.39, 0.29) is 18.1 Å². The summed E-state index contributed by atoms with van der Waals surface area (Å²) in [7, 11) is 0. The zero-order valence-corrected chi connectivity index (χ0v) is 11.7. The number of halogens is 2. The summed E-state index contributed by atoms with van der Waals surface area (Å²) in [6, 6.07) is 6.12. The van der Waals surface area contributed by atoms with Gasteiger partial charge >= 0.3 is 6.61 Å². The van der Waals surface area contributed by atoms with Crippen LogP contribution in [0, 0.1) is 0 Å². The second-order valence-electron chi connectivity index (χ2n) is 4.61. The summed E-state index contributed by atoms with van der Waals surface area (Å²) in [6.45, 7) is -0.00180. The molecule has 20 heavy (non-hydrogen) atoms. The number of amides is 1. The zero-order valence-electron chi connectivity index (χ0n) is 11.7. The van der Waals surface area contributed by atoms with Crippen molar-refractivity contribution < 1.29 is 18.3 Å². The Morgan fingerprint density at radius 3 is 2.50 bits per heavy atom. The molecule has 0 aliphatic heterocycles. The van der Waals surface area contributed by atoms with E-state index in [1.807, 2.05) is 0 Å². The molecule has 0 heterocycles. The standard InChI is InChI=1S/C15H21F2NO2/c1-2-3-4-5-10-18-14(19)11-12-6-8-13(9-7-12)20-15(16)17/h6-9,15H,2-5,10-11H2,1H3,(H,18,19). The summed E-state index contributed by atoms with van der Waals surface area (Å²) in [5, 5.41) is 2.85. The van der Waals surface area contributed by atoms with Gasteiger partial charge in [-0.1, -0.05) is 38.3 Å². The van der Waals surface area contributed by atoms with Crippen molar-refractivity contribution in [1.82, 2.24) is 5.32 Å². The molecule has 3 nitrogen and oxygen atoms in total. The van der Waals surface area contributed by atoms with E-state index in [4.69, 9.17) is 0 Å². The lowest BCUT2D eigenvalue weighted by Crippen LogP contribution is -2.26. The minimum atomic E-state index is -2.83. The molecule has 0 unspecified atom stereocenters. The number of carbonyl (C=O) groups excluding carboxylic acids is 1. The van der Waals surface area contributed by atoms with Gasteiger partial charge in [-0.05, 0) is 24.1 Å². The number of rotatable bonds is 9. The summed E-state index contributed by atoms with van der Waals surface area (Å²) in [5.74, 6) is 0.0488. The minimum Gasteiger partial charge on any atom is -0.435 e. The SMILES string of the molecule is CCCCCCNC(=O)Cc1ccc(OC(F)F)cc1. The fraction of sp³-hybridized carbons (Fsp3) is 0.533. The van der Waals surface area contributed by atoms with Gasteiger partial charge in [-0.15, -0.1) is 0 Å². The average molecular weight is 285 g/mol. The van der Waals surface area contributed by atoms with Gasteiger partial charge in [0.2, 0.25) is 5.91 Å². The number of alkyl halides is 2. The number of unbranched alkanes of at least 4 members (excludes halogenated alkanes) is 3. The Morgan fingerprint density at radius 1 is 1.20 bits per heavy atom. The van der Waals surface area contributed by atoms with Crippen molar-refractivity contribution >= 4 is 5.91 Å². The van der Waals surface area contributed by atoms with E-state index in [2.05, 4.69) is 17.0 Å². The van der Waals surface area contributed by atoms with E-state index in [1.165, 1.54) is 25.0 Å². The van der Waals surface area contributed by atoms with Gasteiger partial charge in [-0.3, -0.25) is 4.79 Å². The largest absolute Gasteiger partial charge is 0.435 e. The first-order valence-electron chi connectivity index (χ1n) is 6.92. The topological polar surface area (TPSA) is 38.3 Å². The maximum Gasteiger partial charge on any atom is 0.387 e. The van der Waals surface area contributed by atoms with Crippen molar-refractivity contribution in [2.75, 3.05) is 6.54 Å². The highest BCUT2D eigenvalue weighted by molar-refractivity contribution is 5.78. The molecule has 0 saturated carbocycles. The van der Waals surface area contributed by atoms with Crippen LogP contribution in [-0.4, -0.2) is 19.1 Å². The van der Waals surface area contributed by atoms with E-state index in [0.29, 0.717) is 6.54 Å². The average Bonchev–Trinajstić information content (AvgIpc) is 2.40. The van der Waals surface area contributed by atoms with Gasteiger partial charge in [0.1, 0.15) is 5.75 Å². The fourth-order valence-electron chi connectivity index (χ4n) is 1.82. The molecule has 0 saturated heterocycles. The maximum atomic E-state index is 12.0. The van der Waals surface area contributed by atoms with Crippen LogP contribution in [-0.2, 0) is 11.2 Å². The molecule has 5 heteroatoms. The molecule has 0 aliphatic carbocycles. The van der Waals surface area contributed by atoms with Gasteiger partial charge in [0, 0.05) is 6.54 Å². The molecule has 0 bridgehead atoms. The van der Waals surface area contributed by atoms with Gasteiger partial charge < -0.3 is 10.1 Å². The number of hydrogen-bond acceptors (Lipinski definition) is 2. The van der Waals surface area contributed by atoms with Crippen molar-refractivity contribution in [2.24, 2.45) is 0 Å². The Labute approximate surface area is 118 Å². The summed E-state index contributed by atoms with van der Waals surface area (Å²) >= 11 is 0. The molecule has 112 valence electrons. The Morgan fingerprint density at radius 2 is 1.90 bits per heavy atom. The van der Waals surface area contributed by atoms with Crippen molar-refractivity contribution in [3.63, 3.8) is 0 Å². The molecule has 0 spiro atoms. The minimum absolute atomic E-state index is 0.0518. The lowest BCUT2D eigenvalue weighted by molar-refractivity contribution is -0.120. The lowest BCUT2D eigenvalue weighted by atomic mass is 10.1. The smallest absolute Gasteiger partial charge is 0.387 e. The van der Waals surface area contributed by atoms with E-state index in [1.54, 1.807) is 12.1 Å². The third kappa shape index (κ3) is 7.07. The van der Waals surface area contributed by atoms with E-state index in [9.17, 15) is 13.6 Å². The first kappa shape index (κ1) is 16.4. The van der Waals surface area contributed by atoms with Crippen LogP contribution >= 0.6 is 0 Å². The van der Waals surface area contributed by atoms with E-state index in [0.717, 1.165) is 18.4 Å². The first-order chi connectivity index (χ1) is 9.61. The Kier molecular flexibility index (Phi) is 7.62. The third-order valence-corrected chi connectivity index (χ3v) is 2.87. The number of benzene rings is 1. The van der Waals surface area contributed by atoms with Crippen LogP contribution in [0.25, 0.3) is 0 Å². The number of carbonyl (C=O) groups is 1. The lowest BCUT2D eigenvalue weighted by Gasteiger charge is -2.07. The Hall–Kier alpha value is -1.65. The van der Waals surface area contributed by atoms with Crippen LogP contribution in [0.1, 0.15) is 38.2 Å². The Bertz CT molecular complexity index is 393. The number of hydrogen-bond donors (Lipinski definition) is 1. The molecule has 0 atom stereocenters. The monoisotopic (exact) mass is 285 g/mol. The van der Waals surface area contributed by atoms with Crippen molar-refractivity contribution in [1.29, 1.82) is 0 Å². The molecule has 1 N–H and O–H groups in total. The zero-order chi connectivity index (χ0) is 14.8. The quantitative estimate of drug-likeness (QED) is 0.705. The van der Waals surface area contributed by atoms with Crippen LogP contribution in [0.15, 0.2) is 24.3 Å². The summed E-state index contributed by atoms with van der Waals surface area (Å²) in [5.41, 5.74) is 0.776. The fourth-order valence-corrected chi connectivity index (χ4v) is 1.82. The highest BCUT2D eigenvalue weighted by Gasteiger charge is 2.06. The van der Waals surface area contributed by atoms with Crippen molar-refractivity contribution in [3.05, 3.63) is 29.8 Å². The van der Waals surface area contributed by atoms with Crippen LogP contribution in [0.4, 0.5) is 8.78 Å². The molecule has 0 fully saturated rings. The summed E-state index contributed by atoms with van der Waals surface area (Å²) in [6.07, 6.45) is 4.71. The van der Waals surface area contributed by atoms with Crippen LogP contribution < -0.4 is 10.1 Å². The molecule has 1 aromatic carbocycles. The molecule has 0 aromatic heterocycles. The summed E-state index contributed by atoms with van der Waals surface area (Å²) in [4.78, 5) is 11.6. The maximum absolute atomic E-state index is 12.0. The van der Waals surface area contributed by atoms with Gasteiger partial charge in [0.05, 0.1) is 6.42 Å². The first-order valence-corrected chi connectivity index (χ1v) is 6.92. The van der Waals surface area contributed by atoms with Gasteiger partial charge in [-0.2, -0.15) is 8.78 Å². The highest BCUT2D eigenvalue weighted by Crippen LogP contribution is 2.15.